The van der Waals surface area contributed by atoms with Gasteiger partial charge in [0.05, 0.1) is 0 Å². The monoisotopic (exact) mass is 332 g/mol. The molecule has 2 aliphatic heterocycles. The van der Waals surface area contributed by atoms with Gasteiger partial charge in [-0.2, -0.15) is 0 Å². The van der Waals surface area contributed by atoms with Crippen LogP contribution in [0.15, 0.2) is 0 Å². The van der Waals surface area contributed by atoms with Crippen LogP contribution in [0.25, 0.3) is 0 Å². The first-order valence-electron chi connectivity index (χ1n) is 8.30. The normalized spacial score (nSPS) is 45.5. The molecular formula is C16H28O7. The Morgan fingerprint density at radius 2 is 1.35 bits per heavy atom. The molecule has 0 spiro atoms. The van der Waals surface area contributed by atoms with E-state index in [1.807, 2.05) is 41.5 Å². The minimum absolute atomic E-state index is 0.416. The minimum atomic E-state index is -0.837. The maximum absolute atomic E-state index is 10.7. The second kappa shape index (κ2) is 5.91. The zero-order chi connectivity index (χ0) is 17.0. The summed E-state index contributed by atoms with van der Waals surface area (Å²) in [4.78, 5) is 0. The fourth-order valence-corrected chi connectivity index (χ4v) is 3.69. The number of aliphatic hydroxyl groups is 1. The maximum atomic E-state index is 10.7. The molecule has 0 bridgehead atoms. The van der Waals surface area contributed by atoms with Crippen LogP contribution in [0.1, 0.15) is 41.5 Å². The summed E-state index contributed by atoms with van der Waals surface area (Å²) in [5.74, 6) is -1.58. The van der Waals surface area contributed by atoms with Crippen molar-refractivity contribution in [3.8, 4) is 0 Å². The van der Waals surface area contributed by atoms with Crippen LogP contribution in [0.5, 0.6) is 0 Å². The van der Waals surface area contributed by atoms with E-state index in [0.717, 1.165) is 0 Å². The molecule has 2 heterocycles. The largest absolute Gasteiger partial charge is 0.387 e. The molecule has 3 fully saturated rings. The summed E-state index contributed by atoms with van der Waals surface area (Å²) in [5.41, 5.74) is 0. The van der Waals surface area contributed by atoms with Crippen molar-refractivity contribution in [2.75, 3.05) is 6.61 Å². The van der Waals surface area contributed by atoms with E-state index in [1.54, 1.807) is 0 Å². The summed E-state index contributed by atoms with van der Waals surface area (Å²) in [6.45, 7) is 11.6. The van der Waals surface area contributed by atoms with Crippen molar-refractivity contribution in [3.63, 3.8) is 0 Å². The van der Waals surface area contributed by atoms with Gasteiger partial charge in [-0.1, -0.05) is 0 Å². The van der Waals surface area contributed by atoms with E-state index in [0.29, 0.717) is 6.61 Å². The van der Waals surface area contributed by atoms with Crippen LogP contribution < -0.4 is 0 Å². The fraction of sp³-hybridized carbons (Fsp3) is 1.00. The molecule has 0 amide bonds. The van der Waals surface area contributed by atoms with Crippen LogP contribution in [0, 0.1) is 0 Å². The number of fused-ring (bicyclic) bond motifs is 2. The Morgan fingerprint density at radius 3 is 1.78 bits per heavy atom. The molecule has 3 rings (SSSR count). The fourth-order valence-electron chi connectivity index (χ4n) is 3.69. The highest BCUT2D eigenvalue weighted by atomic mass is 16.8. The highest BCUT2D eigenvalue weighted by Gasteiger charge is 2.63. The van der Waals surface area contributed by atoms with Crippen molar-refractivity contribution in [3.05, 3.63) is 0 Å². The molecule has 7 nitrogen and oxygen atoms in total. The molecule has 134 valence electrons. The van der Waals surface area contributed by atoms with Crippen molar-refractivity contribution in [1.29, 1.82) is 0 Å². The van der Waals surface area contributed by atoms with E-state index in [2.05, 4.69) is 0 Å². The Balaban J connectivity index is 1.86. The third-order valence-electron chi connectivity index (χ3n) is 4.40. The van der Waals surface area contributed by atoms with E-state index >= 15 is 0 Å². The summed E-state index contributed by atoms with van der Waals surface area (Å²) in [6.07, 6.45) is -3.64. The Bertz CT molecular complexity index is 406. The standard InChI is InChI=1S/C16H28O7/c1-7-18-8(2)19-12-13-10(20-15(3,4)22-13)9(17)11-14(12)23-16(5,6)21-11/h8-14,17H,7H2,1-6H3/t8-,9?,10-,11+,12?,13-,14+/m1/s1. The Kier molecular flexibility index (Phi) is 4.51. The lowest BCUT2D eigenvalue weighted by Crippen LogP contribution is -2.62. The molecule has 1 saturated carbocycles. The first kappa shape index (κ1) is 17.5. The Morgan fingerprint density at radius 1 is 0.913 bits per heavy atom. The summed E-state index contributed by atoms with van der Waals surface area (Å²) in [7, 11) is 0. The molecule has 7 atom stereocenters. The second-order valence-electron chi connectivity index (χ2n) is 7.24. The zero-order valence-corrected chi connectivity index (χ0v) is 14.6. The molecule has 0 aromatic heterocycles. The number of hydrogen-bond acceptors (Lipinski definition) is 7. The smallest absolute Gasteiger partial charge is 0.164 e. The van der Waals surface area contributed by atoms with Gasteiger partial charge in [-0.25, -0.2) is 0 Å². The minimum Gasteiger partial charge on any atom is -0.387 e. The third-order valence-corrected chi connectivity index (χ3v) is 4.40. The lowest BCUT2D eigenvalue weighted by atomic mass is 9.85. The molecule has 7 heteroatoms. The summed E-state index contributed by atoms with van der Waals surface area (Å²) >= 11 is 0. The maximum Gasteiger partial charge on any atom is 0.164 e. The van der Waals surface area contributed by atoms with Crippen LogP contribution in [0.4, 0.5) is 0 Å². The van der Waals surface area contributed by atoms with E-state index in [4.69, 9.17) is 28.4 Å². The highest BCUT2D eigenvalue weighted by molar-refractivity contribution is 5.08. The van der Waals surface area contributed by atoms with Crippen LogP contribution in [-0.2, 0) is 28.4 Å². The third kappa shape index (κ3) is 3.28. The molecule has 1 aliphatic carbocycles. The van der Waals surface area contributed by atoms with Crippen molar-refractivity contribution < 1.29 is 33.5 Å². The number of ether oxygens (including phenoxy) is 6. The van der Waals surface area contributed by atoms with Crippen molar-refractivity contribution >= 4 is 0 Å². The van der Waals surface area contributed by atoms with Crippen LogP contribution in [0.3, 0.4) is 0 Å². The molecule has 0 aromatic carbocycles. The Labute approximate surface area is 137 Å². The van der Waals surface area contributed by atoms with Crippen molar-refractivity contribution in [2.24, 2.45) is 0 Å². The van der Waals surface area contributed by atoms with Gasteiger partial charge < -0.3 is 33.5 Å². The van der Waals surface area contributed by atoms with Gasteiger partial charge in [0.25, 0.3) is 0 Å². The topological polar surface area (TPSA) is 75.6 Å². The van der Waals surface area contributed by atoms with Gasteiger partial charge in [0.1, 0.15) is 36.6 Å². The van der Waals surface area contributed by atoms with Crippen LogP contribution in [-0.4, -0.2) is 66.2 Å². The molecule has 2 saturated heterocycles. The van der Waals surface area contributed by atoms with E-state index in [1.165, 1.54) is 0 Å². The number of aliphatic hydroxyl groups excluding tert-OH is 1. The highest BCUT2D eigenvalue weighted by Crippen LogP contribution is 2.45. The summed E-state index contributed by atoms with van der Waals surface area (Å²) < 4.78 is 35.3. The van der Waals surface area contributed by atoms with Crippen molar-refractivity contribution in [2.45, 2.75) is 96.0 Å². The average molecular weight is 332 g/mol. The summed E-state index contributed by atoms with van der Waals surface area (Å²) in [6, 6.07) is 0. The predicted octanol–water partition coefficient (Wildman–Crippen LogP) is 1.17. The van der Waals surface area contributed by atoms with E-state index in [-0.39, 0.29) is 0 Å². The first-order chi connectivity index (χ1) is 10.6. The van der Waals surface area contributed by atoms with Gasteiger partial charge in [0.2, 0.25) is 0 Å². The van der Waals surface area contributed by atoms with E-state index in [9.17, 15) is 5.11 Å². The summed E-state index contributed by atoms with van der Waals surface area (Å²) in [5, 5.41) is 10.7. The van der Waals surface area contributed by atoms with Crippen molar-refractivity contribution in [1.82, 2.24) is 0 Å². The number of hydrogen-bond donors (Lipinski definition) is 1. The van der Waals surface area contributed by atoms with Gasteiger partial charge in [-0.15, -0.1) is 0 Å². The first-order valence-corrected chi connectivity index (χ1v) is 8.30. The van der Waals surface area contributed by atoms with Gasteiger partial charge in [-0.3, -0.25) is 0 Å². The van der Waals surface area contributed by atoms with E-state index < -0.39 is 54.5 Å². The predicted molar refractivity (Wildman–Crippen MR) is 79.6 cm³/mol. The molecule has 0 radical (unpaired) electrons. The lowest BCUT2D eigenvalue weighted by molar-refractivity contribution is -0.240. The lowest BCUT2D eigenvalue weighted by Gasteiger charge is -2.41. The molecule has 0 aromatic rings. The number of rotatable bonds is 4. The average Bonchev–Trinajstić information content (AvgIpc) is 2.91. The molecule has 1 N–H and O–H groups in total. The molecule has 3 aliphatic rings. The zero-order valence-electron chi connectivity index (χ0n) is 14.6. The van der Waals surface area contributed by atoms with Crippen LogP contribution in [0.2, 0.25) is 0 Å². The quantitative estimate of drug-likeness (QED) is 0.775. The van der Waals surface area contributed by atoms with Gasteiger partial charge in [0, 0.05) is 6.61 Å². The molecule has 23 heavy (non-hydrogen) atoms. The van der Waals surface area contributed by atoms with Crippen LogP contribution >= 0.6 is 0 Å². The van der Waals surface area contributed by atoms with Gasteiger partial charge in [0.15, 0.2) is 17.9 Å². The SMILES string of the molecule is CCO[C@@H](C)OC1[C@H]2OC(C)(C)O[C@H]2C(O)[C@H]2OC(C)(C)O[C@@H]12. The van der Waals surface area contributed by atoms with Gasteiger partial charge >= 0.3 is 0 Å². The molecular weight excluding hydrogens is 304 g/mol. The van der Waals surface area contributed by atoms with Gasteiger partial charge in [-0.05, 0) is 41.5 Å². The second-order valence-corrected chi connectivity index (χ2v) is 7.24. The Hall–Kier alpha value is -0.280. The molecule has 2 unspecified atom stereocenters.